The van der Waals surface area contributed by atoms with Crippen LogP contribution in [0.5, 0.6) is 0 Å². The van der Waals surface area contributed by atoms with Crippen LogP contribution in [0.15, 0.2) is 23.1 Å². The van der Waals surface area contributed by atoms with Crippen molar-refractivity contribution in [3.05, 3.63) is 29.3 Å². The quantitative estimate of drug-likeness (QED) is 0.898. The summed E-state index contributed by atoms with van der Waals surface area (Å²) in [4.78, 5) is 0.238. The van der Waals surface area contributed by atoms with Crippen molar-refractivity contribution in [3.8, 4) is 0 Å². The monoisotopic (exact) mass is 311 g/mol. The van der Waals surface area contributed by atoms with E-state index in [0.29, 0.717) is 17.4 Å². The molecule has 0 aromatic heterocycles. The Morgan fingerprint density at radius 2 is 2.00 bits per heavy atom. The molecule has 2 N–H and O–H groups in total. The van der Waals surface area contributed by atoms with Crippen LogP contribution in [0.1, 0.15) is 44.2 Å². The van der Waals surface area contributed by atoms with Crippen molar-refractivity contribution in [2.24, 2.45) is 11.8 Å². The molecule has 3 unspecified atom stereocenters. The van der Waals surface area contributed by atoms with Crippen molar-refractivity contribution in [1.82, 2.24) is 4.72 Å². The van der Waals surface area contributed by atoms with Crippen LogP contribution in [0.25, 0.3) is 0 Å². The number of aryl methyl sites for hydroxylation is 1. The summed E-state index contributed by atoms with van der Waals surface area (Å²) in [5.74, 6) is 0.883. The average molecular weight is 311 g/mol. The third kappa shape index (κ3) is 3.65. The van der Waals surface area contributed by atoms with Gasteiger partial charge in [-0.2, -0.15) is 0 Å². The van der Waals surface area contributed by atoms with Crippen molar-refractivity contribution < 1.29 is 13.5 Å². The van der Waals surface area contributed by atoms with Gasteiger partial charge in [0.2, 0.25) is 10.0 Å². The zero-order valence-electron chi connectivity index (χ0n) is 13.0. The number of benzene rings is 1. The van der Waals surface area contributed by atoms with E-state index in [-0.39, 0.29) is 17.5 Å². The van der Waals surface area contributed by atoms with Crippen molar-refractivity contribution in [2.75, 3.05) is 0 Å². The summed E-state index contributed by atoms with van der Waals surface area (Å²) in [6, 6.07) is 4.91. The summed E-state index contributed by atoms with van der Waals surface area (Å²) in [7, 11) is -3.53. The first kappa shape index (κ1) is 16.5. The minimum Gasteiger partial charge on any atom is -0.392 e. The Bertz CT molecular complexity index is 598. The summed E-state index contributed by atoms with van der Waals surface area (Å²) >= 11 is 0. The van der Waals surface area contributed by atoms with Crippen LogP contribution in [0.3, 0.4) is 0 Å². The fourth-order valence-corrected chi connectivity index (χ4v) is 4.41. The molecular formula is C16H25NO3S. The number of aliphatic hydroxyl groups excluding tert-OH is 1. The Hall–Kier alpha value is -0.910. The molecular weight excluding hydrogens is 286 g/mol. The number of aliphatic hydroxyl groups is 1. The largest absolute Gasteiger partial charge is 0.392 e. The Kier molecular flexibility index (Phi) is 5.07. The lowest BCUT2D eigenvalue weighted by atomic mass is 9.78. The second-order valence-corrected chi connectivity index (χ2v) is 7.96. The molecule has 4 nitrogen and oxygen atoms in total. The molecule has 118 valence electrons. The minimum atomic E-state index is -3.53. The van der Waals surface area contributed by atoms with Crippen LogP contribution >= 0.6 is 0 Å². The second-order valence-electron chi connectivity index (χ2n) is 6.24. The molecule has 0 spiro atoms. The predicted octanol–water partition coefficient (Wildman–Crippen LogP) is 2.59. The van der Waals surface area contributed by atoms with Gasteiger partial charge in [0, 0.05) is 6.04 Å². The van der Waals surface area contributed by atoms with Gasteiger partial charge in [-0.05, 0) is 48.4 Å². The molecule has 3 atom stereocenters. The molecule has 0 aliphatic heterocycles. The smallest absolute Gasteiger partial charge is 0.240 e. The second kappa shape index (κ2) is 6.46. The van der Waals surface area contributed by atoms with Gasteiger partial charge in [0.15, 0.2) is 0 Å². The lowest BCUT2D eigenvalue weighted by Crippen LogP contribution is -2.43. The Morgan fingerprint density at radius 1 is 1.29 bits per heavy atom. The van der Waals surface area contributed by atoms with Crippen LogP contribution in [0.2, 0.25) is 0 Å². The molecule has 1 aromatic rings. The minimum absolute atomic E-state index is 0.00219. The predicted molar refractivity (Wildman–Crippen MR) is 83.4 cm³/mol. The average Bonchev–Trinajstić information content (AvgIpc) is 2.44. The van der Waals surface area contributed by atoms with Crippen LogP contribution in [0, 0.1) is 18.8 Å². The molecule has 0 heterocycles. The number of rotatable bonds is 4. The highest BCUT2D eigenvalue weighted by Gasteiger charge is 2.30. The highest BCUT2D eigenvalue weighted by Crippen LogP contribution is 2.30. The maximum Gasteiger partial charge on any atom is 0.240 e. The number of sulfonamides is 1. The normalized spacial score (nSPS) is 26.8. The van der Waals surface area contributed by atoms with Crippen molar-refractivity contribution in [2.45, 2.75) is 57.6 Å². The first-order chi connectivity index (χ1) is 9.85. The molecule has 2 rings (SSSR count). The summed E-state index contributed by atoms with van der Waals surface area (Å²) < 4.78 is 27.9. The van der Waals surface area contributed by atoms with Crippen molar-refractivity contribution >= 4 is 10.0 Å². The van der Waals surface area contributed by atoms with Gasteiger partial charge in [0.1, 0.15) is 0 Å². The SMILES string of the molecule is Cc1ccc(S(=O)(=O)NC2CCCC(C)C2C)cc1CO. The lowest BCUT2D eigenvalue weighted by Gasteiger charge is -2.34. The summed E-state index contributed by atoms with van der Waals surface area (Å²) in [6.45, 7) is 6.01. The van der Waals surface area contributed by atoms with Gasteiger partial charge in [0.25, 0.3) is 0 Å². The van der Waals surface area contributed by atoms with Gasteiger partial charge in [0.05, 0.1) is 11.5 Å². The summed E-state index contributed by atoms with van der Waals surface area (Å²) in [5, 5.41) is 9.29. The highest BCUT2D eigenvalue weighted by molar-refractivity contribution is 7.89. The zero-order valence-corrected chi connectivity index (χ0v) is 13.8. The molecule has 0 bridgehead atoms. The highest BCUT2D eigenvalue weighted by atomic mass is 32.2. The fourth-order valence-electron chi connectivity index (χ4n) is 3.00. The Morgan fingerprint density at radius 3 is 2.67 bits per heavy atom. The van der Waals surface area contributed by atoms with E-state index in [1.807, 2.05) is 6.92 Å². The molecule has 1 saturated carbocycles. The van der Waals surface area contributed by atoms with Crippen LogP contribution < -0.4 is 4.72 Å². The zero-order chi connectivity index (χ0) is 15.6. The summed E-state index contributed by atoms with van der Waals surface area (Å²) in [6.07, 6.45) is 3.12. The van der Waals surface area contributed by atoms with Gasteiger partial charge in [-0.15, -0.1) is 0 Å². The van der Waals surface area contributed by atoms with E-state index in [1.165, 1.54) is 6.42 Å². The van der Waals surface area contributed by atoms with Gasteiger partial charge >= 0.3 is 0 Å². The third-order valence-electron chi connectivity index (χ3n) is 4.81. The maximum absolute atomic E-state index is 12.5. The maximum atomic E-state index is 12.5. The van der Waals surface area contributed by atoms with Crippen LogP contribution in [-0.2, 0) is 16.6 Å². The summed E-state index contributed by atoms with van der Waals surface area (Å²) in [5.41, 5.74) is 1.55. The Balaban J connectivity index is 2.22. The lowest BCUT2D eigenvalue weighted by molar-refractivity contribution is 0.227. The first-order valence-electron chi connectivity index (χ1n) is 7.58. The van der Waals surface area contributed by atoms with Gasteiger partial charge in [-0.1, -0.05) is 32.8 Å². The molecule has 1 aliphatic carbocycles. The van der Waals surface area contributed by atoms with Crippen LogP contribution in [-0.4, -0.2) is 19.6 Å². The molecule has 0 amide bonds. The van der Waals surface area contributed by atoms with Crippen molar-refractivity contribution in [3.63, 3.8) is 0 Å². The van der Waals surface area contributed by atoms with E-state index < -0.39 is 10.0 Å². The van der Waals surface area contributed by atoms with E-state index in [0.717, 1.165) is 18.4 Å². The number of hydrogen-bond donors (Lipinski definition) is 2. The first-order valence-corrected chi connectivity index (χ1v) is 9.06. The molecule has 5 heteroatoms. The fraction of sp³-hybridized carbons (Fsp3) is 0.625. The van der Waals surface area contributed by atoms with E-state index in [2.05, 4.69) is 18.6 Å². The van der Waals surface area contributed by atoms with Gasteiger partial charge < -0.3 is 5.11 Å². The van der Waals surface area contributed by atoms with Gasteiger partial charge in [-0.25, -0.2) is 13.1 Å². The van der Waals surface area contributed by atoms with Gasteiger partial charge in [-0.3, -0.25) is 0 Å². The van der Waals surface area contributed by atoms with E-state index in [9.17, 15) is 13.5 Å². The van der Waals surface area contributed by atoms with Crippen LogP contribution in [0.4, 0.5) is 0 Å². The molecule has 0 saturated heterocycles. The van der Waals surface area contributed by atoms with E-state index in [1.54, 1.807) is 18.2 Å². The standard InChI is InChI=1S/C16H25NO3S/c1-11-5-4-6-16(13(11)3)17-21(19,20)15-8-7-12(2)14(9-15)10-18/h7-9,11,13,16-18H,4-6,10H2,1-3H3. The molecule has 21 heavy (non-hydrogen) atoms. The van der Waals surface area contributed by atoms with E-state index >= 15 is 0 Å². The molecule has 1 aromatic carbocycles. The topological polar surface area (TPSA) is 66.4 Å². The van der Waals surface area contributed by atoms with E-state index in [4.69, 9.17) is 0 Å². The van der Waals surface area contributed by atoms with Crippen molar-refractivity contribution in [1.29, 1.82) is 0 Å². The molecule has 1 fully saturated rings. The number of nitrogens with one attached hydrogen (secondary N) is 1. The Labute approximate surface area is 127 Å². The third-order valence-corrected chi connectivity index (χ3v) is 6.30. The molecule has 1 aliphatic rings. The number of hydrogen-bond acceptors (Lipinski definition) is 3. The molecule has 0 radical (unpaired) electrons.